The van der Waals surface area contributed by atoms with E-state index in [9.17, 15) is 9.18 Å². The van der Waals surface area contributed by atoms with Crippen LogP contribution in [0.25, 0.3) is 0 Å². The Morgan fingerprint density at radius 1 is 1.47 bits per heavy atom. The van der Waals surface area contributed by atoms with Crippen molar-refractivity contribution < 1.29 is 14.3 Å². The fraction of sp³-hybridized carbons (Fsp3) is 0.500. The van der Waals surface area contributed by atoms with E-state index < -0.39 is 5.97 Å². The van der Waals surface area contributed by atoms with Crippen molar-refractivity contribution in [1.82, 2.24) is 4.90 Å². The maximum Gasteiger partial charge on any atom is 0.306 e. The van der Waals surface area contributed by atoms with Crippen molar-refractivity contribution in [2.75, 3.05) is 20.1 Å². The molecule has 0 radical (unpaired) electrons. The standard InChI is InChI=1S/C14H19BrFNO2/c1-10(14(18)19)5-7-17(2)8-6-11-9-12(15)3-4-13(11)16/h3-4,9-10H,5-8H2,1-2H3,(H,18,19). The molecule has 1 aromatic rings. The summed E-state index contributed by atoms with van der Waals surface area (Å²) in [6, 6.07) is 4.91. The average molecular weight is 332 g/mol. The molecule has 0 saturated carbocycles. The summed E-state index contributed by atoms with van der Waals surface area (Å²) in [5.41, 5.74) is 0.674. The zero-order valence-electron chi connectivity index (χ0n) is 11.2. The van der Waals surface area contributed by atoms with Gasteiger partial charge in [0.2, 0.25) is 0 Å². The van der Waals surface area contributed by atoms with E-state index in [1.165, 1.54) is 6.07 Å². The minimum absolute atomic E-state index is 0.199. The van der Waals surface area contributed by atoms with Gasteiger partial charge in [0.15, 0.2) is 0 Å². The predicted molar refractivity (Wildman–Crippen MR) is 76.7 cm³/mol. The van der Waals surface area contributed by atoms with Gasteiger partial charge >= 0.3 is 5.97 Å². The quantitative estimate of drug-likeness (QED) is 0.834. The third-order valence-electron chi connectivity index (χ3n) is 3.14. The second-order valence-corrected chi connectivity index (χ2v) is 5.73. The summed E-state index contributed by atoms with van der Waals surface area (Å²) >= 11 is 3.32. The van der Waals surface area contributed by atoms with Crippen molar-refractivity contribution in [3.63, 3.8) is 0 Å². The number of benzene rings is 1. The van der Waals surface area contributed by atoms with Gasteiger partial charge < -0.3 is 10.0 Å². The zero-order chi connectivity index (χ0) is 14.4. The fourth-order valence-electron chi connectivity index (χ4n) is 1.70. The Hall–Kier alpha value is -0.940. The van der Waals surface area contributed by atoms with E-state index >= 15 is 0 Å². The highest BCUT2D eigenvalue weighted by atomic mass is 79.9. The van der Waals surface area contributed by atoms with E-state index in [1.807, 2.05) is 11.9 Å². The van der Waals surface area contributed by atoms with E-state index in [4.69, 9.17) is 5.11 Å². The van der Waals surface area contributed by atoms with Crippen molar-refractivity contribution in [2.24, 2.45) is 5.92 Å². The summed E-state index contributed by atoms with van der Waals surface area (Å²) in [5.74, 6) is -1.31. The van der Waals surface area contributed by atoms with Gasteiger partial charge in [-0.25, -0.2) is 4.39 Å². The molecule has 1 N–H and O–H groups in total. The molecule has 0 bridgehead atoms. The maximum absolute atomic E-state index is 13.5. The molecule has 5 heteroatoms. The van der Waals surface area contributed by atoms with Gasteiger partial charge in [-0.1, -0.05) is 22.9 Å². The third kappa shape index (κ3) is 5.70. The van der Waals surface area contributed by atoms with Crippen molar-refractivity contribution in [3.05, 3.63) is 34.1 Å². The molecule has 0 fully saturated rings. The smallest absolute Gasteiger partial charge is 0.306 e. The molecule has 19 heavy (non-hydrogen) atoms. The third-order valence-corrected chi connectivity index (χ3v) is 3.63. The molecule has 3 nitrogen and oxygen atoms in total. The molecule has 1 atom stereocenters. The lowest BCUT2D eigenvalue weighted by Gasteiger charge is -2.18. The number of halogens is 2. The van der Waals surface area contributed by atoms with Crippen LogP contribution in [0.5, 0.6) is 0 Å². The molecule has 0 aliphatic carbocycles. The minimum atomic E-state index is -0.772. The van der Waals surface area contributed by atoms with Gasteiger partial charge in [0.25, 0.3) is 0 Å². The Labute approximate surface area is 121 Å². The highest BCUT2D eigenvalue weighted by Crippen LogP contribution is 2.16. The first-order valence-electron chi connectivity index (χ1n) is 6.25. The van der Waals surface area contributed by atoms with E-state index in [0.717, 1.165) is 4.47 Å². The highest BCUT2D eigenvalue weighted by molar-refractivity contribution is 9.10. The molecule has 1 rings (SSSR count). The maximum atomic E-state index is 13.5. The number of carboxylic acid groups (broad SMARTS) is 1. The number of aliphatic carboxylic acids is 1. The number of nitrogens with zero attached hydrogens (tertiary/aromatic N) is 1. The van der Waals surface area contributed by atoms with Crippen molar-refractivity contribution in [1.29, 1.82) is 0 Å². The number of carboxylic acids is 1. The largest absolute Gasteiger partial charge is 0.481 e. The van der Waals surface area contributed by atoms with Gasteiger partial charge in [0.1, 0.15) is 5.82 Å². The van der Waals surface area contributed by atoms with Crippen LogP contribution in [-0.4, -0.2) is 36.1 Å². The molecule has 0 aromatic heterocycles. The molecule has 106 valence electrons. The van der Waals surface area contributed by atoms with E-state index in [2.05, 4.69) is 15.9 Å². The Morgan fingerprint density at radius 3 is 2.79 bits per heavy atom. The number of likely N-dealkylation sites (N-methyl/N-ethyl adjacent to an activating group) is 1. The van der Waals surface area contributed by atoms with E-state index in [1.54, 1.807) is 19.1 Å². The molecule has 0 spiro atoms. The number of hydrogen-bond acceptors (Lipinski definition) is 2. The van der Waals surface area contributed by atoms with Crippen LogP contribution < -0.4 is 0 Å². The van der Waals surface area contributed by atoms with Crippen LogP contribution in [0.3, 0.4) is 0 Å². The summed E-state index contributed by atoms with van der Waals surface area (Å²) in [5, 5.41) is 8.80. The van der Waals surface area contributed by atoms with E-state index in [0.29, 0.717) is 31.5 Å². The van der Waals surface area contributed by atoms with Crippen LogP contribution in [-0.2, 0) is 11.2 Å². The molecule has 1 unspecified atom stereocenters. The molecular formula is C14H19BrFNO2. The summed E-state index contributed by atoms with van der Waals surface area (Å²) in [7, 11) is 1.92. The molecular weight excluding hydrogens is 313 g/mol. The minimum Gasteiger partial charge on any atom is -0.481 e. The number of carbonyl (C=O) groups is 1. The summed E-state index contributed by atoms with van der Waals surface area (Å²) < 4.78 is 14.4. The SMILES string of the molecule is CC(CCN(C)CCc1cc(Br)ccc1F)C(=O)O. The van der Waals surface area contributed by atoms with Gasteiger partial charge in [0.05, 0.1) is 5.92 Å². The van der Waals surface area contributed by atoms with E-state index in [-0.39, 0.29) is 11.7 Å². The average Bonchev–Trinajstić information content (AvgIpc) is 2.36. The van der Waals surface area contributed by atoms with Crippen LogP contribution in [0, 0.1) is 11.7 Å². The van der Waals surface area contributed by atoms with Crippen molar-refractivity contribution in [2.45, 2.75) is 19.8 Å². The zero-order valence-corrected chi connectivity index (χ0v) is 12.8. The monoisotopic (exact) mass is 331 g/mol. The lowest BCUT2D eigenvalue weighted by molar-refractivity contribution is -0.141. The number of hydrogen-bond donors (Lipinski definition) is 1. The highest BCUT2D eigenvalue weighted by Gasteiger charge is 2.12. The first-order valence-corrected chi connectivity index (χ1v) is 7.04. The molecule has 0 heterocycles. The summed E-state index contributed by atoms with van der Waals surface area (Å²) in [6.07, 6.45) is 1.22. The van der Waals surface area contributed by atoms with Crippen LogP contribution in [0.15, 0.2) is 22.7 Å². The van der Waals surface area contributed by atoms with Gasteiger partial charge in [0, 0.05) is 11.0 Å². The molecule has 0 aliphatic heterocycles. The van der Waals surface area contributed by atoms with Crippen LogP contribution in [0.2, 0.25) is 0 Å². The van der Waals surface area contributed by atoms with Gasteiger partial charge in [-0.15, -0.1) is 0 Å². The fourth-order valence-corrected chi connectivity index (χ4v) is 2.10. The lowest BCUT2D eigenvalue weighted by atomic mass is 10.1. The van der Waals surface area contributed by atoms with Gasteiger partial charge in [-0.3, -0.25) is 4.79 Å². The number of rotatable bonds is 7. The van der Waals surface area contributed by atoms with Gasteiger partial charge in [-0.2, -0.15) is 0 Å². The van der Waals surface area contributed by atoms with Crippen molar-refractivity contribution >= 4 is 21.9 Å². The Morgan fingerprint density at radius 2 is 2.16 bits per heavy atom. The summed E-state index contributed by atoms with van der Waals surface area (Å²) in [4.78, 5) is 12.7. The molecule has 0 saturated heterocycles. The topological polar surface area (TPSA) is 40.5 Å². The van der Waals surface area contributed by atoms with Crippen LogP contribution in [0.1, 0.15) is 18.9 Å². The first-order chi connectivity index (χ1) is 8.90. The van der Waals surface area contributed by atoms with Crippen LogP contribution in [0.4, 0.5) is 4.39 Å². The second-order valence-electron chi connectivity index (χ2n) is 4.82. The summed E-state index contributed by atoms with van der Waals surface area (Å²) in [6.45, 7) is 3.10. The molecule has 0 aliphatic rings. The first kappa shape index (κ1) is 16.1. The lowest BCUT2D eigenvalue weighted by Crippen LogP contribution is -2.25. The molecule has 1 aromatic carbocycles. The normalized spacial score (nSPS) is 12.7. The van der Waals surface area contributed by atoms with Crippen LogP contribution >= 0.6 is 15.9 Å². The molecule has 0 amide bonds. The predicted octanol–water partition coefficient (Wildman–Crippen LogP) is 3.17. The Bertz CT molecular complexity index is 439. The Balaban J connectivity index is 2.39. The van der Waals surface area contributed by atoms with Crippen molar-refractivity contribution in [3.8, 4) is 0 Å². The Kier molecular flexibility index (Phi) is 6.45. The second kappa shape index (κ2) is 7.60. The van der Waals surface area contributed by atoms with Gasteiger partial charge in [-0.05, 0) is 50.2 Å².